The zero-order valence-corrected chi connectivity index (χ0v) is 78.0. The lowest BCUT2D eigenvalue weighted by Gasteiger charge is -2.41. The highest BCUT2D eigenvalue weighted by Gasteiger charge is 2.55. The molecule has 11 fully saturated rings. The number of H-pyrrole nitrogens is 3. The number of fused-ring (bicyclic) bond motifs is 1. The number of aromatic nitrogens is 9. The maximum atomic E-state index is 13.7. The van der Waals surface area contributed by atoms with E-state index in [-0.39, 0.29) is 165 Å². The van der Waals surface area contributed by atoms with Crippen LogP contribution in [0.3, 0.4) is 0 Å². The number of nitrogens with one attached hydrogen (secondary N) is 6. The molecule has 20 rings (SSSR count). The van der Waals surface area contributed by atoms with Gasteiger partial charge in [0.2, 0.25) is 23.6 Å². The SMILES string of the molecule is NC(=O)c1[nH]cnc1C(=O)N(C1CC1)[C@H]1CC[C@@]2(CCN(c3ccc(F)cc3Cl)C2=O)CC1.O=C(NC1CCC2(CC1)CCN(c1cc(F)c(F)cc1Cl)C2=O)c1cnn2cccnc12.O=C(N[C@H]1CC[C@@]2(CCN(c3ccc(F)cc3Cl)C2=O)CC1)c1[nH]cnc1C(=O)N1CC(F)C1.O=C(N[C@H]1CC[C@@]2(CCN(c3ccc(F)cc3Cl)C2=O)CC1)c1[nH]cnc1C(=O)N1CCN(CC(F)(F)F)CC1. The molecule has 5 aliphatic carbocycles. The molecule has 0 bridgehead atoms. The van der Waals surface area contributed by atoms with Gasteiger partial charge in [-0.15, -0.1) is 0 Å². The second kappa shape index (κ2) is 40.2. The zero-order valence-electron chi connectivity index (χ0n) is 74.9. The summed E-state index contributed by atoms with van der Waals surface area (Å²) >= 11 is 24.7. The van der Waals surface area contributed by atoms with Crippen molar-refractivity contribution in [3.63, 3.8) is 0 Å². The van der Waals surface area contributed by atoms with Gasteiger partial charge in [0.25, 0.3) is 41.4 Å². The Bertz CT molecular complexity index is 6250. The molecule has 4 spiro atoms. The number of imidazole rings is 3. The highest BCUT2D eigenvalue weighted by Crippen LogP contribution is 2.53. The van der Waals surface area contributed by atoms with E-state index in [0.717, 1.165) is 25.0 Å². The van der Waals surface area contributed by atoms with E-state index in [9.17, 15) is 92.3 Å². The first kappa shape index (κ1) is 98.4. The van der Waals surface area contributed by atoms with E-state index in [1.54, 1.807) is 43.7 Å². The van der Waals surface area contributed by atoms with E-state index in [1.807, 2.05) is 4.90 Å². The second-order valence-electron chi connectivity index (χ2n) is 37.6. The minimum Gasteiger partial charge on any atom is -0.364 e. The Labute approximate surface area is 809 Å². The molecule has 139 heavy (non-hydrogen) atoms. The first-order chi connectivity index (χ1) is 66.4. The van der Waals surface area contributed by atoms with Crippen molar-refractivity contribution >= 4 is 140 Å². The highest BCUT2D eigenvalue weighted by atomic mass is 35.5. The van der Waals surface area contributed by atoms with E-state index in [1.165, 1.54) is 93.3 Å². The number of amides is 11. The van der Waals surface area contributed by atoms with E-state index in [2.05, 4.69) is 55.9 Å². The summed E-state index contributed by atoms with van der Waals surface area (Å²) in [6.45, 7) is 1.25. The van der Waals surface area contributed by atoms with Crippen LogP contribution < -0.4 is 41.3 Å². The van der Waals surface area contributed by atoms with E-state index >= 15 is 0 Å². The Morgan fingerprint density at radius 1 is 0.453 bits per heavy atom. The number of nitrogens with two attached hydrogens (primary N) is 1. The van der Waals surface area contributed by atoms with Crippen LogP contribution in [-0.2, 0) is 19.2 Å². The minimum atomic E-state index is -4.31. The van der Waals surface area contributed by atoms with Gasteiger partial charge >= 0.3 is 6.18 Å². The van der Waals surface area contributed by atoms with Crippen molar-refractivity contribution in [1.82, 2.24) is 80.1 Å². The average molecular weight is 2010 g/mol. The number of anilines is 4. The number of likely N-dealkylation sites (tertiary alicyclic amines) is 1. The molecular weight excluding hydrogens is 1910 g/mol. The van der Waals surface area contributed by atoms with Gasteiger partial charge in [0, 0.05) is 101 Å². The van der Waals surface area contributed by atoms with Crippen LogP contribution in [0.5, 0.6) is 0 Å². The molecule has 0 radical (unpaired) electrons. The Balaban J connectivity index is 0.000000128. The summed E-state index contributed by atoms with van der Waals surface area (Å²) in [4.78, 5) is 179. The molecule has 0 atom stereocenters. The molecule has 11 aliphatic rings. The van der Waals surface area contributed by atoms with Crippen molar-refractivity contribution in [2.45, 2.75) is 184 Å². The number of hydrogen-bond donors (Lipinski definition) is 7. The van der Waals surface area contributed by atoms with Crippen LogP contribution in [0.25, 0.3) is 5.65 Å². The Hall–Kier alpha value is -12.2. The molecule has 6 saturated heterocycles. The summed E-state index contributed by atoms with van der Waals surface area (Å²) in [7, 11) is 0. The predicted octanol–water partition coefficient (Wildman–Crippen LogP) is 13.7. The Kier molecular flexibility index (Phi) is 28.4. The molecular formula is C94H98Cl4F9N21O11. The molecule has 0 unspecified atom stereocenters. The fourth-order valence-corrected chi connectivity index (χ4v) is 22.3. The maximum absolute atomic E-state index is 13.7. The van der Waals surface area contributed by atoms with E-state index in [4.69, 9.17) is 52.1 Å². The number of carbonyl (C=O) groups excluding carboxylic acids is 11. The molecule has 11 heterocycles. The van der Waals surface area contributed by atoms with Crippen LogP contribution in [0.4, 0.5) is 62.3 Å². The zero-order chi connectivity index (χ0) is 98.5. The van der Waals surface area contributed by atoms with Gasteiger partial charge in [-0.25, -0.2) is 50.8 Å². The number of carbonyl (C=O) groups is 11. The van der Waals surface area contributed by atoms with Crippen LogP contribution in [-0.4, -0.2) is 244 Å². The Morgan fingerprint density at radius 3 is 1.24 bits per heavy atom. The van der Waals surface area contributed by atoms with E-state index in [0.29, 0.717) is 183 Å². The fraction of sp³-hybridized carbons (Fsp3) is 0.468. The van der Waals surface area contributed by atoms with Gasteiger partial charge in [-0.05, 0) is 208 Å². The summed E-state index contributed by atoms with van der Waals surface area (Å²) in [6, 6.07) is 15.3. The van der Waals surface area contributed by atoms with Crippen molar-refractivity contribution in [1.29, 1.82) is 0 Å². The summed E-state index contributed by atoms with van der Waals surface area (Å²) in [6.07, 6.45) is 17.6. The third-order valence-electron chi connectivity index (χ3n) is 29.2. The number of primary amides is 1. The predicted molar refractivity (Wildman–Crippen MR) is 490 cm³/mol. The number of alkyl halides is 4. The van der Waals surface area contributed by atoms with Gasteiger partial charge in [-0.2, -0.15) is 18.3 Å². The summed E-state index contributed by atoms with van der Waals surface area (Å²) in [5, 5.41) is 13.7. The van der Waals surface area contributed by atoms with Gasteiger partial charge < -0.3 is 70.9 Å². The summed E-state index contributed by atoms with van der Waals surface area (Å²) < 4.78 is 120. The molecule has 5 saturated carbocycles. The second-order valence-corrected chi connectivity index (χ2v) is 39.2. The van der Waals surface area contributed by atoms with Gasteiger partial charge in [-0.3, -0.25) is 57.6 Å². The molecule has 9 aromatic rings. The number of piperazine rings is 1. The number of nitrogens with zero attached hydrogens (tertiary/aromatic N) is 14. The third kappa shape index (κ3) is 20.5. The first-order valence-corrected chi connectivity index (χ1v) is 47.7. The smallest absolute Gasteiger partial charge is 0.364 e. The number of halogens is 13. The van der Waals surface area contributed by atoms with Crippen LogP contribution in [0.2, 0.25) is 20.1 Å². The summed E-state index contributed by atoms with van der Waals surface area (Å²) in [5.41, 5.74) is 5.91. The first-order valence-electron chi connectivity index (χ1n) is 46.1. The molecule has 11 amide bonds. The van der Waals surface area contributed by atoms with Crippen LogP contribution in [0.1, 0.15) is 215 Å². The molecule has 6 aliphatic heterocycles. The van der Waals surface area contributed by atoms with Gasteiger partial charge in [-0.1, -0.05) is 46.4 Å². The number of rotatable bonds is 17. The third-order valence-corrected chi connectivity index (χ3v) is 30.4. The normalized spacial score (nSPS) is 24.4. The lowest BCUT2D eigenvalue weighted by atomic mass is 9.71. The highest BCUT2D eigenvalue weighted by molar-refractivity contribution is 6.35. The van der Waals surface area contributed by atoms with Crippen molar-refractivity contribution in [3.05, 3.63) is 199 Å². The topological polar surface area (TPSA) is 392 Å². The van der Waals surface area contributed by atoms with Crippen molar-refractivity contribution in [3.8, 4) is 0 Å². The lowest BCUT2D eigenvalue weighted by molar-refractivity contribution is -0.148. The number of hydrogen-bond acceptors (Lipinski definition) is 17. The maximum Gasteiger partial charge on any atom is 0.401 e. The lowest BCUT2D eigenvalue weighted by Crippen LogP contribution is -2.52. The average Bonchev–Trinajstić information content (AvgIpc) is 1.61. The molecule has 736 valence electrons. The molecule has 5 aromatic heterocycles. The quantitative estimate of drug-likeness (QED) is 0.0329. The minimum absolute atomic E-state index is 0.00271. The van der Waals surface area contributed by atoms with Gasteiger partial charge in [0.05, 0.1) is 109 Å². The summed E-state index contributed by atoms with van der Waals surface area (Å²) in [5.74, 6) is -6.82. The standard InChI is InChI=1S/C26H29ClF4N6O3.C23H24ClF2N5O3.C23H25ClFN5O3.C22H20ClF2N5O2/c27-18-13-16(28)1-2-19(18)37-8-7-25(24(37)40)5-3-17(4-6-25)34-22(38)20-21(33-15-32-20)23(39)36-11-9-35(10-12-36)14-26(29,30)31;24-16-9-13(25)1-2-17(16)31-8-7-23(22(31)34)5-3-15(4-6-23)29-20(32)18-19(28-12-27-18)21(33)30-10-14(26)11-30;24-16-11-13(25)1-4-17(16)29-10-9-23(22(29)33)7-5-15(6-8-23)30(14-2-3-14)21(32)19-18(20(26)31)27-12-28-19;23-15-10-16(24)17(25)11-18(15)29-9-6-22(21(29)32)4-2-13(3-5-22)28-20(31)14-12-27-30-8-1-7-26-19(14)30/h1-2,13,15,17H,3-12,14H2,(H,32,33)(H,34,38);1-2,9,12,14-15H,3-8,10-11H2,(H,27,28)(H,29,32);1,4,11-12,14-15H,2-3,5-10H2,(H2,26,31)(H,27,28);1,7-8,10-13H,2-6,9H2,(H,28,31)/t17-,25-;2*15-,23-;. The number of aromatic amines is 3. The van der Waals surface area contributed by atoms with E-state index < -0.39 is 99.2 Å². The van der Waals surface area contributed by atoms with Crippen LogP contribution in [0, 0.1) is 50.7 Å². The largest absolute Gasteiger partial charge is 0.401 e. The molecule has 8 N–H and O–H groups in total. The van der Waals surface area contributed by atoms with Gasteiger partial charge in [0.1, 0.15) is 46.3 Å². The molecule has 45 heteroatoms. The Morgan fingerprint density at radius 2 is 0.835 bits per heavy atom. The van der Waals surface area contributed by atoms with Gasteiger partial charge in [0.15, 0.2) is 34.4 Å². The molecule has 32 nitrogen and oxygen atoms in total. The fourth-order valence-electron chi connectivity index (χ4n) is 21.3. The van der Waals surface area contributed by atoms with Crippen molar-refractivity contribution in [2.24, 2.45) is 27.4 Å². The van der Waals surface area contributed by atoms with Crippen molar-refractivity contribution in [2.75, 3.05) is 91.6 Å². The number of benzene rings is 4. The van der Waals surface area contributed by atoms with Crippen LogP contribution in [0.15, 0.2) is 110 Å². The molecule has 4 aromatic carbocycles. The van der Waals surface area contributed by atoms with Crippen molar-refractivity contribution < 1.29 is 92.3 Å². The van der Waals surface area contributed by atoms with Crippen LogP contribution >= 0.6 is 46.4 Å². The monoisotopic (exact) mass is 2010 g/mol.